The Morgan fingerprint density at radius 3 is 2.46 bits per heavy atom. The molecule has 1 heterocycles. The molecule has 0 aliphatic carbocycles. The highest BCUT2D eigenvalue weighted by Gasteiger charge is 2.36. The fourth-order valence-corrected chi connectivity index (χ4v) is 3.65. The van der Waals surface area contributed by atoms with Crippen molar-refractivity contribution in [1.82, 2.24) is 10.6 Å². The number of ether oxygens (including phenoxy) is 1. The molecule has 150 valence electrons. The number of amides is 1. The monoisotopic (exact) mass is 392 g/mol. The molecule has 1 amide bonds. The van der Waals surface area contributed by atoms with Crippen molar-refractivity contribution < 1.29 is 22.7 Å². The molecule has 0 aromatic heterocycles. The number of halogens is 3. The molecule has 0 radical (unpaired) electrons. The summed E-state index contributed by atoms with van der Waals surface area (Å²) >= 11 is 0. The predicted octanol–water partition coefficient (Wildman–Crippen LogP) is 3.89. The lowest BCUT2D eigenvalue weighted by molar-refractivity contribution is -0.137. The van der Waals surface area contributed by atoms with E-state index in [0.717, 1.165) is 23.3 Å². The minimum atomic E-state index is -4.37. The molecule has 3 rings (SSSR count). The molecule has 1 aliphatic rings. The summed E-state index contributed by atoms with van der Waals surface area (Å²) < 4.78 is 43.7. The van der Waals surface area contributed by atoms with Crippen LogP contribution in [-0.4, -0.2) is 26.1 Å². The average Bonchev–Trinajstić information content (AvgIpc) is 3.17. The van der Waals surface area contributed by atoms with E-state index in [1.807, 2.05) is 31.2 Å². The molecule has 0 saturated carbocycles. The van der Waals surface area contributed by atoms with E-state index >= 15 is 0 Å². The van der Waals surface area contributed by atoms with Crippen LogP contribution in [0.25, 0.3) is 0 Å². The smallest absolute Gasteiger partial charge is 0.416 e. The van der Waals surface area contributed by atoms with Crippen molar-refractivity contribution in [1.29, 1.82) is 0 Å². The topological polar surface area (TPSA) is 50.4 Å². The molecule has 2 aromatic rings. The summed E-state index contributed by atoms with van der Waals surface area (Å²) in [7, 11) is 1.58. The second-order valence-electron chi connectivity index (χ2n) is 6.96. The highest BCUT2D eigenvalue weighted by Crippen LogP contribution is 2.33. The van der Waals surface area contributed by atoms with Gasteiger partial charge in [0.25, 0.3) is 0 Å². The average molecular weight is 392 g/mol. The normalized spacial score (nSPS) is 20.6. The second kappa shape index (κ2) is 8.22. The van der Waals surface area contributed by atoms with Crippen LogP contribution >= 0.6 is 0 Å². The zero-order valence-electron chi connectivity index (χ0n) is 15.7. The van der Waals surface area contributed by atoms with Crippen LogP contribution in [0.2, 0.25) is 0 Å². The zero-order chi connectivity index (χ0) is 20.3. The van der Waals surface area contributed by atoms with Gasteiger partial charge in [-0.3, -0.25) is 4.79 Å². The minimum Gasteiger partial charge on any atom is -0.496 e. The van der Waals surface area contributed by atoms with E-state index in [9.17, 15) is 18.0 Å². The molecule has 1 aliphatic heterocycles. The predicted molar refractivity (Wildman–Crippen MR) is 100 cm³/mol. The summed E-state index contributed by atoms with van der Waals surface area (Å²) in [5.41, 5.74) is 0.909. The van der Waals surface area contributed by atoms with Crippen LogP contribution in [0.5, 0.6) is 5.75 Å². The molecule has 0 spiro atoms. The Kier molecular flexibility index (Phi) is 5.93. The number of hydrogen-bond donors (Lipinski definition) is 2. The molecular weight excluding hydrogens is 369 g/mol. The first-order chi connectivity index (χ1) is 13.3. The number of benzene rings is 2. The van der Waals surface area contributed by atoms with E-state index in [1.54, 1.807) is 7.11 Å². The van der Waals surface area contributed by atoms with E-state index < -0.39 is 11.7 Å². The Balaban J connectivity index is 1.72. The third kappa shape index (κ3) is 4.30. The molecular formula is C21H23F3N2O2. The van der Waals surface area contributed by atoms with Crippen molar-refractivity contribution in [2.24, 2.45) is 5.92 Å². The Bertz CT molecular complexity index is 821. The lowest BCUT2D eigenvalue weighted by atomic mass is 9.87. The quantitative estimate of drug-likeness (QED) is 0.812. The summed E-state index contributed by atoms with van der Waals surface area (Å²) in [6, 6.07) is 12.3. The van der Waals surface area contributed by atoms with Crippen molar-refractivity contribution in [3.8, 4) is 5.75 Å². The molecule has 4 nitrogen and oxygen atoms in total. The van der Waals surface area contributed by atoms with Crippen LogP contribution in [0.3, 0.4) is 0 Å². The summed E-state index contributed by atoms with van der Waals surface area (Å²) in [6.07, 6.45) is -4.37. The highest BCUT2D eigenvalue weighted by molar-refractivity contribution is 5.81. The van der Waals surface area contributed by atoms with Crippen LogP contribution in [0.4, 0.5) is 13.2 Å². The Hall–Kier alpha value is -2.54. The zero-order valence-corrected chi connectivity index (χ0v) is 15.7. The largest absolute Gasteiger partial charge is 0.496 e. The summed E-state index contributed by atoms with van der Waals surface area (Å²) in [4.78, 5) is 12.9. The molecule has 3 unspecified atom stereocenters. The molecule has 2 N–H and O–H groups in total. The standard InChI is InChI=1S/C21H23F3N2O2/c1-13(16-5-3-4-6-19(16)28-2)26-20(27)18-12-25-11-17(18)14-7-9-15(10-8-14)21(22,23)24/h3-10,13,17-18,25H,11-12H2,1-2H3,(H,26,27). The number of carbonyl (C=O) groups excluding carboxylic acids is 1. The van der Waals surface area contributed by atoms with Gasteiger partial charge in [0.2, 0.25) is 5.91 Å². The number of alkyl halides is 3. The van der Waals surface area contributed by atoms with Crippen molar-refractivity contribution >= 4 is 5.91 Å². The Morgan fingerprint density at radius 1 is 1.14 bits per heavy atom. The van der Waals surface area contributed by atoms with E-state index in [1.165, 1.54) is 12.1 Å². The van der Waals surface area contributed by atoms with Crippen molar-refractivity contribution in [2.75, 3.05) is 20.2 Å². The van der Waals surface area contributed by atoms with Gasteiger partial charge in [0.15, 0.2) is 0 Å². The third-order valence-corrected chi connectivity index (χ3v) is 5.18. The van der Waals surface area contributed by atoms with Crippen LogP contribution in [0, 0.1) is 5.92 Å². The highest BCUT2D eigenvalue weighted by atomic mass is 19.4. The Morgan fingerprint density at radius 2 is 1.82 bits per heavy atom. The fourth-order valence-electron chi connectivity index (χ4n) is 3.65. The first-order valence-electron chi connectivity index (χ1n) is 9.12. The molecule has 7 heteroatoms. The van der Waals surface area contributed by atoms with Gasteiger partial charge in [-0.1, -0.05) is 30.3 Å². The summed E-state index contributed by atoms with van der Waals surface area (Å²) in [5, 5.41) is 6.18. The van der Waals surface area contributed by atoms with Crippen LogP contribution in [0.1, 0.15) is 35.6 Å². The maximum Gasteiger partial charge on any atom is 0.416 e. The first kappa shape index (κ1) is 20.2. The lowest BCUT2D eigenvalue weighted by Crippen LogP contribution is -2.36. The molecule has 3 atom stereocenters. The number of methoxy groups -OCH3 is 1. The van der Waals surface area contributed by atoms with Gasteiger partial charge in [-0.25, -0.2) is 0 Å². The van der Waals surface area contributed by atoms with Gasteiger partial charge < -0.3 is 15.4 Å². The van der Waals surface area contributed by atoms with Gasteiger partial charge in [0.05, 0.1) is 24.6 Å². The van der Waals surface area contributed by atoms with E-state index in [2.05, 4.69) is 10.6 Å². The van der Waals surface area contributed by atoms with Gasteiger partial charge in [-0.2, -0.15) is 13.2 Å². The Labute approximate surface area is 162 Å². The van der Waals surface area contributed by atoms with E-state index in [0.29, 0.717) is 18.8 Å². The molecule has 28 heavy (non-hydrogen) atoms. The van der Waals surface area contributed by atoms with Gasteiger partial charge in [0.1, 0.15) is 5.75 Å². The van der Waals surface area contributed by atoms with E-state index in [-0.39, 0.29) is 23.8 Å². The van der Waals surface area contributed by atoms with Gasteiger partial charge in [0, 0.05) is 24.6 Å². The van der Waals surface area contributed by atoms with Crippen molar-refractivity contribution in [3.63, 3.8) is 0 Å². The fraction of sp³-hybridized carbons (Fsp3) is 0.381. The van der Waals surface area contributed by atoms with Crippen molar-refractivity contribution in [2.45, 2.75) is 25.1 Å². The maximum absolute atomic E-state index is 12.9. The summed E-state index contributed by atoms with van der Waals surface area (Å²) in [5.74, 6) is 0.0356. The minimum absolute atomic E-state index is 0.131. The SMILES string of the molecule is COc1ccccc1C(C)NC(=O)C1CNCC1c1ccc(C(F)(F)F)cc1. The lowest BCUT2D eigenvalue weighted by Gasteiger charge is -2.23. The number of nitrogens with one attached hydrogen (secondary N) is 2. The number of rotatable bonds is 5. The van der Waals surface area contributed by atoms with Crippen LogP contribution in [-0.2, 0) is 11.0 Å². The van der Waals surface area contributed by atoms with Gasteiger partial charge >= 0.3 is 6.18 Å². The molecule has 2 aromatic carbocycles. The maximum atomic E-state index is 12.9. The van der Waals surface area contributed by atoms with E-state index in [4.69, 9.17) is 4.74 Å². The second-order valence-corrected chi connectivity index (χ2v) is 6.96. The summed E-state index contributed by atoms with van der Waals surface area (Å²) in [6.45, 7) is 2.91. The number of para-hydroxylation sites is 1. The molecule has 0 bridgehead atoms. The number of hydrogen-bond acceptors (Lipinski definition) is 3. The third-order valence-electron chi connectivity index (χ3n) is 5.18. The molecule has 1 fully saturated rings. The van der Waals surface area contributed by atoms with Crippen LogP contribution in [0.15, 0.2) is 48.5 Å². The van der Waals surface area contributed by atoms with Crippen molar-refractivity contribution in [3.05, 3.63) is 65.2 Å². The van der Waals surface area contributed by atoms with Gasteiger partial charge in [-0.15, -0.1) is 0 Å². The first-order valence-corrected chi connectivity index (χ1v) is 9.12. The van der Waals surface area contributed by atoms with Gasteiger partial charge in [-0.05, 0) is 30.7 Å². The number of carbonyl (C=O) groups is 1. The van der Waals surface area contributed by atoms with Crippen LogP contribution < -0.4 is 15.4 Å². The molecule has 1 saturated heterocycles.